The lowest BCUT2D eigenvalue weighted by molar-refractivity contribution is 0.597. The standard InChI is InChI=1S/C20H16N2O2S/c1-13-12-19(25(23,24)16-9-7-15(21)8-10-16)18-11-6-14-4-2-3-5-17(14)20(18)22-13/h2-12H,21H2,1H3. The fourth-order valence-corrected chi connectivity index (χ4v) is 4.58. The number of nitrogens with zero attached hydrogens (tertiary/aromatic N) is 1. The number of sulfone groups is 1. The molecule has 4 rings (SSSR count). The molecule has 0 aliphatic rings. The molecule has 2 N–H and O–H groups in total. The number of pyridine rings is 1. The van der Waals surface area contributed by atoms with Crippen molar-refractivity contribution in [3.8, 4) is 0 Å². The van der Waals surface area contributed by atoms with Gasteiger partial charge in [-0.15, -0.1) is 0 Å². The molecule has 1 heterocycles. The van der Waals surface area contributed by atoms with Crippen LogP contribution in [0.5, 0.6) is 0 Å². The summed E-state index contributed by atoms with van der Waals surface area (Å²) in [6.07, 6.45) is 0. The highest BCUT2D eigenvalue weighted by atomic mass is 32.2. The monoisotopic (exact) mass is 348 g/mol. The smallest absolute Gasteiger partial charge is 0.207 e. The highest BCUT2D eigenvalue weighted by molar-refractivity contribution is 7.91. The highest BCUT2D eigenvalue weighted by Gasteiger charge is 2.22. The zero-order valence-electron chi connectivity index (χ0n) is 13.6. The summed E-state index contributed by atoms with van der Waals surface area (Å²) in [5.41, 5.74) is 7.57. The van der Waals surface area contributed by atoms with Gasteiger partial charge in [-0.1, -0.05) is 36.4 Å². The number of rotatable bonds is 2. The Bertz CT molecular complexity index is 1210. The topological polar surface area (TPSA) is 73.0 Å². The predicted octanol–water partition coefficient (Wildman–Crippen LogP) is 4.11. The van der Waals surface area contributed by atoms with Gasteiger partial charge in [-0.05, 0) is 42.6 Å². The van der Waals surface area contributed by atoms with Crippen molar-refractivity contribution >= 4 is 37.2 Å². The van der Waals surface area contributed by atoms with Crippen LogP contribution in [0.25, 0.3) is 21.7 Å². The van der Waals surface area contributed by atoms with Crippen LogP contribution >= 0.6 is 0 Å². The fourth-order valence-electron chi connectivity index (χ4n) is 3.05. The molecule has 0 radical (unpaired) electrons. The third-order valence-corrected chi connectivity index (χ3v) is 6.08. The SMILES string of the molecule is Cc1cc(S(=O)(=O)c2ccc(N)cc2)c2ccc3ccccc3c2n1. The first-order valence-electron chi connectivity index (χ1n) is 7.86. The molecule has 0 fully saturated rings. The maximum absolute atomic E-state index is 13.2. The second-order valence-electron chi connectivity index (χ2n) is 6.02. The average Bonchev–Trinajstić information content (AvgIpc) is 2.61. The van der Waals surface area contributed by atoms with Crippen LogP contribution in [-0.4, -0.2) is 13.4 Å². The Hall–Kier alpha value is -2.92. The summed E-state index contributed by atoms with van der Waals surface area (Å²) < 4.78 is 26.4. The highest BCUT2D eigenvalue weighted by Crippen LogP contribution is 2.32. The van der Waals surface area contributed by atoms with Gasteiger partial charge in [0, 0.05) is 22.2 Å². The first-order valence-corrected chi connectivity index (χ1v) is 9.35. The van der Waals surface area contributed by atoms with E-state index in [1.54, 1.807) is 18.2 Å². The number of hydrogen-bond donors (Lipinski definition) is 1. The van der Waals surface area contributed by atoms with Crippen LogP contribution in [0.2, 0.25) is 0 Å². The van der Waals surface area contributed by atoms with Gasteiger partial charge >= 0.3 is 0 Å². The van der Waals surface area contributed by atoms with Gasteiger partial charge in [0.1, 0.15) is 0 Å². The van der Waals surface area contributed by atoms with Gasteiger partial charge in [0.15, 0.2) is 0 Å². The van der Waals surface area contributed by atoms with Gasteiger partial charge in [0.2, 0.25) is 9.84 Å². The Labute approximate surface area is 145 Å². The minimum absolute atomic E-state index is 0.224. The van der Waals surface area contributed by atoms with Gasteiger partial charge < -0.3 is 5.73 Å². The van der Waals surface area contributed by atoms with Crippen LogP contribution in [0.15, 0.2) is 76.5 Å². The second kappa shape index (κ2) is 5.57. The van der Waals surface area contributed by atoms with Gasteiger partial charge in [-0.2, -0.15) is 0 Å². The predicted molar refractivity (Wildman–Crippen MR) is 100 cm³/mol. The molecule has 0 bridgehead atoms. The summed E-state index contributed by atoms with van der Waals surface area (Å²) in [7, 11) is -3.67. The molecule has 0 aliphatic heterocycles. The zero-order valence-corrected chi connectivity index (χ0v) is 14.4. The molecule has 1 aromatic heterocycles. The average molecular weight is 348 g/mol. The van der Waals surface area contributed by atoms with E-state index in [4.69, 9.17) is 5.73 Å². The first-order chi connectivity index (χ1) is 12.0. The number of nitrogen functional groups attached to an aromatic ring is 1. The maximum atomic E-state index is 13.2. The van der Waals surface area contributed by atoms with Crippen molar-refractivity contribution in [1.82, 2.24) is 4.98 Å². The van der Waals surface area contributed by atoms with E-state index in [1.165, 1.54) is 12.1 Å². The van der Waals surface area contributed by atoms with Crippen LogP contribution in [0.1, 0.15) is 5.69 Å². The van der Waals surface area contributed by atoms with E-state index in [0.29, 0.717) is 22.3 Å². The molecule has 25 heavy (non-hydrogen) atoms. The molecule has 124 valence electrons. The molecule has 5 heteroatoms. The largest absolute Gasteiger partial charge is 0.399 e. The van der Waals surface area contributed by atoms with E-state index in [-0.39, 0.29) is 9.79 Å². The molecule has 0 saturated heterocycles. The lowest BCUT2D eigenvalue weighted by Crippen LogP contribution is -2.05. The summed E-state index contributed by atoms with van der Waals surface area (Å²) in [5.74, 6) is 0. The molecule has 0 amide bonds. The van der Waals surface area contributed by atoms with E-state index in [2.05, 4.69) is 4.98 Å². The molecule has 4 aromatic rings. The first kappa shape index (κ1) is 15.6. The summed E-state index contributed by atoms with van der Waals surface area (Å²) >= 11 is 0. The lowest BCUT2D eigenvalue weighted by Gasteiger charge is -2.11. The molecule has 3 aromatic carbocycles. The van der Waals surface area contributed by atoms with Crippen molar-refractivity contribution in [3.05, 3.63) is 72.4 Å². The van der Waals surface area contributed by atoms with Crippen molar-refractivity contribution in [2.45, 2.75) is 16.7 Å². The minimum Gasteiger partial charge on any atom is -0.399 e. The van der Waals surface area contributed by atoms with Crippen LogP contribution in [0.3, 0.4) is 0 Å². The number of hydrogen-bond acceptors (Lipinski definition) is 4. The third kappa shape index (κ3) is 2.53. The molecule has 0 saturated carbocycles. The number of anilines is 1. The van der Waals surface area contributed by atoms with Gasteiger partial charge in [0.25, 0.3) is 0 Å². The summed E-state index contributed by atoms with van der Waals surface area (Å²) in [6, 6.07) is 19.5. The van der Waals surface area contributed by atoms with E-state index in [0.717, 1.165) is 10.8 Å². The minimum atomic E-state index is -3.67. The van der Waals surface area contributed by atoms with Crippen LogP contribution < -0.4 is 5.73 Å². The fraction of sp³-hybridized carbons (Fsp3) is 0.0500. The Kier molecular flexibility index (Phi) is 3.47. The van der Waals surface area contributed by atoms with Crippen LogP contribution in [0, 0.1) is 6.92 Å². The number of aryl methyl sites for hydroxylation is 1. The lowest BCUT2D eigenvalue weighted by atomic mass is 10.1. The third-order valence-electron chi connectivity index (χ3n) is 4.27. The molecule has 0 atom stereocenters. The Morgan fingerprint density at radius 1 is 0.880 bits per heavy atom. The Morgan fingerprint density at radius 2 is 1.60 bits per heavy atom. The molecular formula is C20H16N2O2S. The molecule has 4 nitrogen and oxygen atoms in total. The second-order valence-corrected chi connectivity index (χ2v) is 7.94. The maximum Gasteiger partial charge on any atom is 0.207 e. The normalized spacial score (nSPS) is 11.9. The van der Waals surface area contributed by atoms with Gasteiger partial charge in [-0.3, -0.25) is 4.98 Å². The molecule has 0 unspecified atom stereocenters. The van der Waals surface area contributed by atoms with Gasteiger partial charge in [-0.25, -0.2) is 8.42 Å². The van der Waals surface area contributed by atoms with Crippen molar-refractivity contribution in [2.75, 3.05) is 5.73 Å². The van der Waals surface area contributed by atoms with Crippen molar-refractivity contribution < 1.29 is 8.42 Å². The van der Waals surface area contributed by atoms with Gasteiger partial charge in [0.05, 0.1) is 15.3 Å². The Balaban J connectivity index is 2.08. The van der Waals surface area contributed by atoms with Crippen LogP contribution in [-0.2, 0) is 9.84 Å². The van der Waals surface area contributed by atoms with E-state index < -0.39 is 9.84 Å². The van der Waals surface area contributed by atoms with Crippen molar-refractivity contribution in [2.24, 2.45) is 0 Å². The number of benzene rings is 3. The van der Waals surface area contributed by atoms with Crippen LogP contribution in [0.4, 0.5) is 5.69 Å². The molecule has 0 aliphatic carbocycles. The van der Waals surface area contributed by atoms with Crippen molar-refractivity contribution in [3.63, 3.8) is 0 Å². The van der Waals surface area contributed by atoms with E-state index in [1.807, 2.05) is 43.3 Å². The van der Waals surface area contributed by atoms with E-state index >= 15 is 0 Å². The quantitative estimate of drug-likeness (QED) is 0.437. The van der Waals surface area contributed by atoms with E-state index in [9.17, 15) is 8.42 Å². The number of nitrogens with two attached hydrogens (primary N) is 1. The van der Waals surface area contributed by atoms with Crippen molar-refractivity contribution in [1.29, 1.82) is 0 Å². The molecule has 0 spiro atoms. The zero-order chi connectivity index (χ0) is 17.6. The summed E-state index contributed by atoms with van der Waals surface area (Å²) in [5, 5.41) is 2.60. The Morgan fingerprint density at radius 3 is 2.36 bits per heavy atom. The number of aromatic nitrogens is 1. The molecular weight excluding hydrogens is 332 g/mol. The summed E-state index contributed by atoms with van der Waals surface area (Å²) in [4.78, 5) is 5.09. The summed E-state index contributed by atoms with van der Waals surface area (Å²) in [6.45, 7) is 1.81. The number of fused-ring (bicyclic) bond motifs is 3.